The molecule has 1 atom stereocenters. The highest BCUT2D eigenvalue weighted by molar-refractivity contribution is 9.10. The summed E-state index contributed by atoms with van der Waals surface area (Å²) in [6.45, 7) is 5.93. The van der Waals surface area contributed by atoms with Gasteiger partial charge in [0, 0.05) is 30.7 Å². The van der Waals surface area contributed by atoms with Crippen molar-refractivity contribution in [2.24, 2.45) is 0 Å². The molecule has 2 nitrogen and oxygen atoms in total. The Morgan fingerprint density at radius 2 is 1.45 bits per heavy atom. The molecule has 0 amide bonds. The van der Waals surface area contributed by atoms with Gasteiger partial charge in [0.05, 0.1) is 6.17 Å². The molecule has 1 fully saturated rings. The lowest BCUT2D eigenvalue weighted by Crippen LogP contribution is -2.46. The van der Waals surface area contributed by atoms with E-state index in [9.17, 15) is 4.39 Å². The lowest BCUT2D eigenvalue weighted by atomic mass is 10.0. The maximum absolute atomic E-state index is 13.4. The van der Waals surface area contributed by atoms with Crippen molar-refractivity contribution in [3.63, 3.8) is 0 Å². The second kappa shape index (κ2) is 9.21. The number of halogens is 2. The van der Waals surface area contributed by atoms with E-state index in [0.29, 0.717) is 0 Å². The van der Waals surface area contributed by atoms with Crippen LogP contribution in [0.2, 0.25) is 0 Å². The molecule has 0 radical (unpaired) electrons. The summed E-state index contributed by atoms with van der Waals surface area (Å²) in [6.07, 6.45) is 1.31. The summed E-state index contributed by atoms with van der Waals surface area (Å²) < 4.78 is 14.5. The number of benzene rings is 3. The van der Waals surface area contributed by atoms with Gasteiger partial charge in [-0.2, -0.15) is 0 Å². The van der Waals surface area contributed by atoms with Crippen LogP contribution in [0.15, 0.2) is 77.3 Å². The van der Waals surface area contributed by atoms with E-state index in [0.717, 1.165) is 42.6 Å². The lowest BCUT2D eigenvalue weighted by Gasteiger charge is -2.44. The minimum atomic E-state index is -0.183. The fraction of sp³-hybridized carbons (Fsp3) is 0.280. The highest BCUT2D eigenvalue weighted by Gasteiger charge is 2.30. The van der Waals surface area contributed by atoms with Crippen LogP contribution < -0.4 is 0 Å². The average Bonchev–Trinajstić information content (AvgIpc) is 2.72. The molecule has 3 aromatic carbocycles. The van der Waals surface area contributed by atoms with E-state index in [1.54, 1.807) is 12.1 Å². The summed E-state index contributed by atoms with van der Waals surface area (Å²) in [5.74, 6) is -0.183. The van der Waals surface area contributed by atoms with Gasteiger partial charge in [-0.1, -0.05) is 70.0 Å². The molecule has 0 spiro atoms. The van der Waals surface area contributed by atoms with Gasteiger partial charge >= 0.3 is 0 Å². The Bertz CT molecular complexity index is 884. The fourth-order valence-electron chi connectivity index (χ4n) is 4.12. The van der Waals surface area contributed by atoms with Crippen molar-refractivity contribution in [2.75, 3.05) is 13.1 Å². The zero-order valence-electron chi connectivity index (χ0n) is 16.7. The van der Waals surface area contributed by atoms with E-state index >= 15 is 0 Å². The summed E-state index contributed by atoms with van der Waals surface area (Å²) in [5.41, 5.74) is 5.05. The molecule has 3 aromatic rings. The maximum Gasteiger partial charge on any atom is 0.123 e. The number of hydrogen-bond acceptors (Lipinski definition) is 2. The quantitative estimate of drug-likeness (QED) is 0.447. The van der Waals surface area contributed by atoms with E-state index < -0.39 is 0 Å². The van der Waals surface area contributed by atoms with Crippen LogP contribution in [-0.2, 0) is 13.1 Å². The summed E-state index contributed by atoms with van der Waals surface area (Å²) in [4.78, 5) is 5.06. The predicted molar refractivity (Wildman–Crippen MR) is 120 cm³/mol. The highest BCUT2D eigenvalue weighted by atomic mass is 79.9. The molecule has 1 aliphatic heterocycles. The molecule has 0 bridgehead atoms. The zero-order chi connectivity index (χ0) is 20.2. The van der Waals surface area contributed by atoms with E-state index in [4.69, 9.17) is 0 Å². The number of hydrogen-bond donors (Lipinski definition) is 0. The molecule has 150 valence electrons. The second-order valence-corrected chi connectivity index (χ2v) is 8.75. The smallest absolute Gasteiger partial charge is 0.123 e. The van der Waals surface area contributed by atoms with Gasteiger partial charge in [-0.05, 0) is 54.3 Å². The van der Waals surface area contributed by atoms with Crippen LogP contribution in [0, 0.1) is 12.7 Å². The van der Waals surface area contributed by atoms with Gasteiger partial charge in [0.15, 0.2) is 0 Å². The van der Waals surface area contributed by atoms with Crippen LogP contribution in [0.3, 0.4) is 0 Å². The monoisotopic (exact) mass is 452 g/mol. The third-order valence-corrected chi connectivity index (χ3v) is 6.03. The van der Waals surface area contributed by atoms with Gasteiger partial charge in [-0.25, -0.2) is 4.39 Å². The summed E-state index contributed by atoms with van der Waals surface area (Å²) in [7, 11) is 0. The van der Waals surface area contributed by atoms with E-state index in [2.05, 4.69) is 81.2 Å². The van der Waals surface area contributed by atoms with Gasteiger partial charge in [0.1, 0.15) is 5.82 Å². The van der Waals surface area contributed by atoms with Crippen LogP contribution in [0.1, 0.15) is 34.8 Å². The number of aryl methyl sites for hydroxylation is 1. The third-order valence-electron chi connectivity index (χ3n) is 5.53. The van der Waals surface area contributed by atoms with Crippen molar-refractivity contribution >= 4 is 15.9 Å². The van der Waals surface area contributed by atoms with Crippen molar-refractivity contribution < 1.29 is 4.39 Å². The molecule has 0 aromatic heterocycles. The average molecular weight is 453 g/mol. The Labute approximate surface area is 181 Å². The molecule has 4 heteroatoms. The van der Waals surface area contributed by atoms with Crippen LogP contribution in [0.25, 0.3) is 0 Å². The summed E-state index contributed by atoms with van der Waals surface area (Å²) in [5, 5.41) is 0. The van der Waals surface area contributed by atoms with E-state index in [1.165, 1.54) is 16.7 Å². The molecule has 0 unspecified atom stereocenters. The molecule has 1 saturated heterocycles. The lowest BCUT2D eigenvalue weighted by molar-refractivity contribution is -0.00913. The Morgan fingerprint density at radius 1 is 0.862 bits per heavy atom. The van der Waals surface area contributed by atoms with Crippen LogP contribution >= 0.6 is 15.9 Å². The minimum absolute atomic E-state index is 0.183. The van der Waals surface area contributed by atoms with Gasteiger partial charge in [-0.3, -0.25) is 9.80 Å². The predicted octanol–water partition coefficient (Wildman–Crippen LogP) is 6.30. The zero-order valence-corrected chi connectivity index (χ0v) is 18.3. The first-order valence-electron chi connectivity index (χ1n) is 10.1. The van der Waals surface area contributed by atoms with Crippen LogP contribution in [0.5, 0.6) is 0 Å². The Hall–Kier alpha value is -2.01. The molecule has 1 heterocycles. The van der Waals surface area contributed by atoms with Gasteiger partial charge < -0.3 is 0 Å². The van der Waals surface area contributed by atoms with E-state index in [1.807, 2.05) is 12.1 Å². The highest BCUT2D eigenvalue weighted by Crippen LogP contribution is 2.33. The first kappa shape index (κ1) is 20.3. The summed E-state index contributed by atoms with van der Waals surface area (Å²) >= 11 is 3.64. The van der Waals surface area contributed by atoms with Crippen molar-refractivity contribution in [1.82, 2.24) is 9.80 Å². The van der Waals surface area contributed by atoms with Crippen molar-refractivity contribution in [1.29, 1.82) is 0 Å². The molecule has 0 aliphatic carbocycles. The molecular weight excluding hydrogens is 427 g/mol. The Balaban J connectivity index is 1.63. The topological polar surface area (TPSA) is 6.48 Å². The molecule has 4 rings (SSSR count). The molecule has 0 N–H and O–H groups in total. The first-order valence-corrected chi connectivity index (χ1v) is 10.9. The van der Waals surface area contributed by atoms with Gasteiger partial charge in [0.2, 0.25) is 0 Å². The van der Waals surface area contributed by atoms with Gasteiger partial charge in [-0.15, -0.1) is 0 Å². The van der Waals surface area contributed by atoms with E-state index in [-0.39, 0.29) is 12.0 Å². The largest absolute Gasteiger partial charge is 0.280 e. The van der Waals surface area contributed by atoms with Crippen LogP contribution in [-0.4, -0.2) is 22.9 Å². The third kappa shape index (κ3) is 5.13. The van der Waals surface area contributed by atoms with Crippen molar-refractivity contribution in [2.45, 2.75) is 32.6 Å². The number of rotatable bonds is 5. The van der Waals surface area contributed by atoms with Gasteiger partial charge in [0.25, 0.3) is 0 Å². The molecule has 0 saturated carbocycles. The SMILES string of the molecule is Cc1ccc(CN2CCCN(Cc3ccc(F)cc3)[C@H]2c2cccc(Br)c2)cc1. The van der Waals surface area contributed by atoms with Crippen LogP contribution in [0.4, 0.5) is 4.39 Å². The normalized spacial score (nSPS) is 18.1. The molecule has 29 heavy (non-hydrogen) atoms. The fourth-order valence-corrected chi connectivity index (χ4v) is 4.54. The van der Waals surface area contributed by atoms with Crippen molar-refractivity contribution in [3.05, 3.63) is 105 Å². The maximum atomic E-state index is 13.4. The minimum Gasteiger partial charge on any atom is -0.280 e. The van der Waals surface area contributed by atoms with Crippen molar-refractivity contribution in [3.8, 4) is 0 Å². The molecule has 1 aliphatic rings. The molecular formula is C25H26BrFN2. The standard InChI is InChI=1S/C25H26BrFN2/c1-19-6-8-20(9-7-19)17-28-14-3-15-29(18-21-10-12-24(27)13-11-21)25(28)22-4-2-5-23(26)16-22/h2,4-13,16,25H,3,14-15,17-18H2,1H3/t25-/m0/s1. The Morgan fingerprint density at radius 3 is 2.03 bits per heavy atom. The summed E-state index contributed by atoms with van der Waals surface area (Å²) in [6, 6.07) is 24.3. The first-order chi connectivity index (χ1) is 14.1. The Kier molecular flexibility index (Phi) is 6.43. The number of nitrogens with zero attached hydrogens (tertiary/aromatic N) is 2. The second-order valence-electron chi connectivity index (χ2n) is 7.84.